The summed E-state index contributed by atoms with van der Waals surface area (Å²) in [5.74, 6) is 0.372. The molecule has 0 radical (unpaired) electrons. The van der Waals surface area contributed by atoms with Crippen LogP contribution < -0.4 is 0 Å². The molecule has 0 unspecified atom stereocenters. The highest BCUT2D eigenvalue weighted by Gasteiger charge is 2.12. The van der Waals surface area contributed by atoms with Gasteiger partial charge in [-0.05, 0) is 27.1 Å². The Balaban J connectivity index is 2.80. The second kappa shape index (κ2) is 6.01. The van der Waals surface area contributed by atoms with E-state index in [1.54, 1.807) is 12.1 Å². The maximum atomic E-state index is 13.5. The summed E-state index contributed by atoms with van der Waals surface area (Å²) in [7, 11) is 3.93. The Hall–Kier alpha value is -0.870. The highest BCUT2D eigenvalue weighted by Crippen LogP contribution is 2.26. The van der Waals surface area contributed by atoms with Crippen LogP contribution in [-0.2, 0) is 0 Å². The van der Waals surface area contributed by atoms with Crippen molar-refractivity contribution < 1.29 is 9.18 Å². The molecule has 0 fully saturated rings. The summed E-state index contributed by atoms with van der Waals surface area (Å²) in [4.78, 5) is 13.8. The predicted octanol–water partition coefficient (Wildman–Crippen LogP) is 2.68. The van der Waals surface area contributed by atoms with Crippen LogP contribution in [0.5, 0.6) is 0 Å². The SMILES string of the molecule is CC(=O)c1cccc(F)c1SCCN(C)C. The first-order chi connectivity index (χ1) is 7.52. The van der Waals surface area contributed by atoms with E-state index in [1.165, 1.54) is 24.8 Å². The molecule has 2 nitrogen and oxygen atoms in total. The Morgan fingerprint density at radius 3 is 2.69 bits per heavy atom. The van der Waals surface area contributed by atoms with Crippen LogP contribution in [-0.4, -0.2) is 37.1 Å². The van der Waals surface area contributed by atoms with Gasteiger partial charge in [0.05, 0.1) is 4.90 Å². The van der Waals surface area contributed by atoms with E-state index in [2.05, 4.69) is 0 Å². The number of hydrogen-bond donors (Lipinski definition) is 0. The van der Waals surface area contributed by atoms with E-state index in [0.717, 1.165) is 12.3 Å². The Bertz CT molecular complexity index is 379. The molecular weight excluding hydrogens is 225 g/mol. The molecule has 1 aromatic rings. The molecule has 0 saturated heterocycles. The van der Waals surface area contributed by atoms with Crippen LogP contribution in [0.4, 0.5) is 4.39 Å². The van der Waals surface area contributed by atoms with E-state index in [1.807, 2.05) is 19.0 Å². The van der Waals surface area contributed by atoms with Crippen LogP contribution in [0.2, 0.25) is 0 Å². The maximum absolute atomic E-state index is 13.5. The van der Waals surface area contributed by atoms with Gasteiger partial charge in [0.1, 0.15) is 5.82 Å². The number of Topliss-reactive ketones (excluding diaryl/α,β-unsaturated/α-hetero) is 1. The van der Waals surface area contributed by atoms with Gasteiger partial charge in [-0.3, -0.25) is 4.79 Å². The number of carbonyl (C=O) groups is 1. The Morgan fingerprint density at radius 1 is 1.44 bits per heavy atom. The summed E-state index contributed by atoms with van der Waals surface area (Å²) >= 11 is 1.39. The number of halogens is 1. The predicted molar refractivity (Wildman–Crippen MR) is 65.7 cm³/mol. The van der Waals surface area contributed by atoms with E-state index in [0.29, 0.717) is 10.5 Å². The van der Waals surface area contributed by atoms with Crippen molar-refractivity contribution >= 4 is 17.5 Å². The summed E-state index contributed by atoms with van der Waals surface area (Å²) in [5.41, 5.74) is 0.476. The Labute approximate surface area is 99.8 Å². The normalized spacial score (nSPS) is 10.8. The standard InChI is InChI=1S/C12H16FNOS/c1-9(15)10-5-4-6-11(13)12(10)16-8-7-14(2)3/h4-6H,7-8H2,1-3H3. The minimum absolute atomic E-state index is 0.0909. The third-order valence-electron chi connectivity index (χ3n) is 2.13. The number of thioether (sulfide) groups is 1. The second-order valence-corrected chi connectivity index (χ2v) is 4.93. The van der Waals surface area contributed by atoms with E-state index in [9.17, 15) is 9.18 Å². The number of rotatable bonds is 5. The third-order valence-corrected chi connectivity index (χ3v) is 3.22. The van der Waals surface area contributed by atoms with Gasteiger partial charge in [0.2, 0.25) is 0 Å². The lowest BCUT2D eigenvalue weighted by molar-refractivity contribution is 0.101. The van der Waals surface area contributed by atoms with E-state index >= 15 is 0 Å². The van der Waals surface area contributed by atoms with Gasteiger partial charge >= 0.3 is 0 Å². The van der Waals surface area contributed by atoms with Crippen molar-refractivity contribution in [2.75, 3.05) is 26.4 Å². The van der Waals surface area contributed by atoms with Crippen LogP contribution in [0.1, 0.15) is 17.3 Å². The molecule has 0 aliphatic carbocycles. The summed E-state index contributed by atoms with van der Waals surface area (Å²) in [6.07, 6.45) is 0. The monoisotopic (exact) mass is 241 g/mol. The molecule has 0 saturated carbocycles. The van der Waals surface area contributed by atoms with Crippen molar-refractivity contribution in [3.05, 3.63) is 29.6 Å². The molecule has 0 amide bonds. The molecule has 0 spiro atoms. The fraction of sp³-hybridized carbons (Fsp3) is 0.417. The van der Waals surface area contributed by atoms with E-state index in [4.69, 9.17) is 0 Å². The van der Waals surface area contributed by atoms with Gasteiger partial charge in [-0.2, -0.15) is 0 Å². The number of benzene rings is 1. The van der Waals surface area contributed by atoms with Crippen LogP contribution in [0, 0.1) is 5.82 Å². The first kappa shape index (κ1) is 13.2. The van der Waals surface area contributed by atoms with Crippen LogP contribution >= 0.6 is 11.8 Å². The minimum atomic E-state index is -0.309. The number of ketones is 1. The lowest BCUT2D eigenvalue weighted by atomic mass is 10.1. The van der Waals surface area contributed by atoms with Crippen molar-refractivity contribution in [1.29, 1.82) is 0 Å². The fourth-order valence-electron chi connectivity index (χ4n) is 1.26. The maximum Gasteiger partial charge on any atom is 0.161 e. The smallest absolute Gasteiger partial charge is 0.161 e. The molecule has 4 heteroatoms. The first-order valence-electron chi connectivity index (χ1n) is 5.09. The lowest BCUT2D eigenvalue weighted by Crippen LogP contribution is -2.15. The molecule has 0 aliphatic heterocycles. The third kappa shape index (κ3) is 3.61. The van der Waals surface area contributed by atoms with Gasteiger partial charge in [-0.15, -0.1) is 11.8 Å². The molecule has 0 atom stereocenters. The number of hydrogen-bond acceptors (Lipinski definition) is 3. The molecule has 16 heavy (non-hydrogen) atoms. The van der Waals surface area contributed by atoms with Gasteiger partial charge in [-0.1, -0.05) is 12.1 Å². The molecule has 1 aromatic carbocycles. The molecule has 0 N–H and O–H groups in total. The quantitative estimate of drug-likeness (QED) is 0.584. The van der Waals surface area contributed by atoms with Crippen molar-refractivity contribution in [1.82, 2.24) is 4.90 Å². The van der Waals surface area contributed by atoms with Gasteiger partial charge in [0.25, 0.3) is 0 Å². The van der Waals surface area contributed by atoms with Gasteiger partial charge in [-0.25, -0.2) is 4.39 Å². The molecule has 88 valence electrons. The van der Waals surface area contributed by atoms with Crippen molar-refractivity contribution in [3.8, 4) is 0 Å². The largest absolute Gasteiger partial charge is 0.309 e. The average molecular weight is 241 g/mol. The second-order valence-electron chi connectivity index (χ2n) is 3.82. The van der Waals surface area contributed by atoms with Crippen molar-refractivity contribution in [2.45, 2.75) is 11.8 Å². The minimum Gasteiger partial charge on any atom is -0.309 e. The summed E-state index contributed by atoms with van der Waals surface area (Å²) in [6, 6.07) is 4.63. The zero-order valence-electron chi connectivity index (χ0n) is 9.79. The zero-order valence-corrected chi connectivity index (χ0v) is 10.6. The van der Waals surface area contributed by atoms with Gasteiger partial charge in [0.15, 0.2) is 5.78 Å². The lowest BCUT2D eigenvalue weighted by Gasteiger charge is -2.11. The molecular formula is C12H16FNOS. The molecule has 0 bridgehead atoms. The summed E-state index contributed by atoms with van der Waals surface area (Å²) in [6.45, 7) is 2.32. The zero-order chi connectivity index (χ0) is 12.1. The summed E-state index contributed by atoms with van der Waals surface area (Å²) in [5, 5.41) is 0. The molecule has 0 aliphatic rings. The highest BCUT2D eigenvalue weighted by molar-refractivity contribution is 7.99. The first-order valence-corrected chi connectivity index (χ1v) is 6.08. The van der Waals surface area contributed by atoms with Crippen molar-refractivity contribution in [3.63, 3.8) is 0 Å². The highest BCUT2D eigenvalue weighted by atomic mass is 32.2. The summed E-state index contributed by atoms with van der Waals surface area (Å²) < 4.78 is 13.5. The Morgan fingerprint density at radius 2 is 2.12 bits per heavy atom. The topological polar surface area (TPSA) is 20.3 Å². The number of nitrogens with zero attached hydrogens (tertiary/aromatic N) is 1. The fourth-order valence-corrected chi connectivity index (χ4v) is 2.50. The Kier molecular flexibility index (Phi) is 4.96. The number of carbonyl (C=O) groups excluding carboxylic acids is 1. The van der Waals surface area contributed by atoms with E-state index in [-0.39, 0.29) is 11.6 Å². The van der Waals surface area contributed by atoms with Crippen LogP contribution in [0.3, 0.4) is 0 Å². The van der Waals surface area contributed by atoms with Crippen molar-refractivity contribution in [2.24, 2.45) is 0 Å². The van der Waals surface area contributed by atoms with E-state index < -0.39 is 0 Å². The van der Waals surface area contributed by atoms with Crippen LogP contribution in [0.25, 0.3) is 0 Å². The van der Waals surface area contributed by atoms with Gasteiger partial charge in [0, 0.05) is 17.9 Å². The van der Waals surface area contributed by atoms with Crippen LogP contribution in [0.15, 0.2) is 23.1 Å². The van der Waals surface area contributed by atoms with Gasteiger partial charge < -0.3 is 4.90 Å². The molecule has 0 aromatic heterocycles. The molecule has 1 rings (SSSR count). The average Bonchev–Trinajstić information content (AvgIpc) is 2.19. The molecule has 0 heterocycles.